The van der Waals surface area contributed by atoms with Gasteiger partial charge in [0.1, 0.15) is 0 Å². The molecule has 0 radical (unpaired) electrons. The van der Waals surface area contributed by atoms with Gasteiger partial charge in [-0.3, -0.25) is 4.79 Å². The lowest BCUT2D eigenvalue weighted by atomic mass is 10.1. The minimum absolute atomic E-state index is 0.119. The third kappa shape index (κ3) is 2.70. The predicted octanol–water partition coefficient (Wildman–Crippen LogP) is 0.847. The summed E-state index contributed by atoms with van der Waals surface area (Å²) in [6.07, 6.45) is 1.57. The number of nitrogens with zero attached hydrogens (tertiary/aromatic N) is 1. The molecule has 1 saturated carbocycles. The van der Waals surface area contributed by atoms with Gasteiger partial charge < -0.3 is 15.0 Å². The second-order valence-electron chi connectivity index (χ2n) is 4.98. The van der Waals surface area contributed by atoms with Crippen LogP contribution in [0.3, 0.4) is 0 Å². The second-order valence-corrected chi connectivity index (χ2v) is 4.98. The van der Waals surface area contributed by atoms with Gasteiger partial charge in [0.05, 0.1) is 13.0 Å². The van der Waals surface area contributed by atoms with Crippen molar-refractivity contribution in [2.24, 2.45) is 17.8 Å². The lowest BCUT2D eigenvalue weighted by Crippen LogP contribution is -2.41. The fourth-order valence-corrected chi connectivity index (χ4v) is 2.52. The molecule has 1 heterocycles. The molecule has 1 aliphatic heterocycles. The molecule has 2 amide bonds. The van der Waals surface area contributed by atoms with Gasteiger partial charge in [0, 0.05) is 19.6 Å². The molecule has 96 valence electrons. The number of hydrogen-bond donors (Lipinski definition) is 1. The number of fused-ring (bicyclic) bond motifs is 1. The molecular formula is C12H20N2O3. The van der Waals surface area contributed by atoms with E-state index in [1.807, 2.05) is 11.8 Å². The van der Waals surface area contributed by atoms with Crippen LogP contribution in [0.2, 0.25) is 0 Å². The fraction of sp³-hybridized carbons (Fsp3) is 0.833. The van der Waals surface area contributed by atoms with Gasteiger partial charge in [-0.05, 0) is 24.7 Å². The van der Waals surface area contributed by atoms with E-state index in [4.69, 9.17) is 0 Å². The molecule has 3 atom stereocenters. The average Bonchev–Trinajstić information content (AvgIpc) is 2.96. The van der Waals surface area contributed by atoms with E-state index in [9.17, 15) is 9.59 Å². The Balaban J connectivity index is 1.80. The van der Waals surface area contributed by atoms with Crippen molar-refractivity contribution in [3.8, 4) is 0 Å². The highest BCUT2D eigenvalue weighted by Gasteiger charge is 2.47. The van der Waals surface area contributed by atoms with Crippen molar-refractivity contribution in [3.05, 3.63) is 0 Å². The number of carbonyl (C=O) groups excluding carboxylic acids is 2. The van der Waals surface area contributed by atoms with Crippen molar-refractivity contribution in [3.63, 3.8) is 0 Å². The summed E-state index contributed by atoms with van der Waals surface area (Å²) in [7, 11) is 1.33. The van der Waals surface area contributed by atoms with E-state index in [0.29, 0.717) is 6.54 Å². The van der Waals surface area contributed by atoms with E-state index in [1.54, 1.807) is 0 Å². The van der Waals surface area contributed by atoms with E-state index < -0.39 is 6.09 Å². The maximum atomic E-state index is 12.2. The van der Waals surface area contributed by atoms with Crippen molar-refractivity contribution in [1.29, 1.82) is 0 Å². The van der Waals surface area contributed by atoms with Crippen molar-refractivity contribution >= 4 is 12.0 Å². The molecule has 0 aromatic heterocycles. The number of likely N-dealkylation sites (tertiary alicyclic amines) is 1. The minimum Gasteiger partial charge on any atom is -0.453 e. The van der Waals surface area contributed by atoms with E-state index in [1.165, 1.54) is 13.5 Å². The van der Waals surface area contributed by atoms with Crippen LogP contribution in [0.5, 0.6) is 0 Å². The highest BCUT2D eigenvalue weighted by atomic mass is 16.5. The lowest BCUT2D eigenvalue weighted by Gasteiger charge is -2.23. The smallest absolute Gasteiger partial charge is 0.406 e. The number of nitrogens with one attached hydrogen (secondary N) is 1. The lowest BCUT2D eigenvalue weighted by molar-refractivity contribution is -0.134. The topological polar surface area (TPSA) is 58.6 Å². The van der Waals surface area contributed by atoms with E-state index in [-0.39, 0.29) is 11.8 Å². The van der Waals surface area contributed by atoms with Crippen molar-refractivity contribution < 1.29 is 14.3 Å². The van der Waals surface area contributed by atoms with Crippen LogP contribution in [0.15, 0.2) is 0 Å². The number of piperidine rings is 1. The van der Waals surface area contributed by atoms with Crippen molar-refractivity contribution in [2.45, 2.75) is 19.8 Å². The van der Waals surface area contributed by atoms with Crippen LogP contribution >= 0.6 is 0 Å². The number of amides is 2. The summed E-state index contributed by atoms with van der Waals surface area (Å²) in [5.74, 6) is 1.57. The van der Waals surface area contributed by atoms with Crippen molar-refractivity contribution in [2.75, 3.05) is 26.7 Å². The molecule has 0 aromatic carbocycles. The van der Waals surface area contributed by atoms with Gasteiger partial charge in [0.25, 0.3) is 0 Å². The first-order valence-corrected chi connectivity index (χ1v) is 6.26. The molecule has 5 nitrogen and oxygen atoms in total. The van der Waals surface area contributed by atoms with Crippen LogP contribution in [0.1, 0.15) is 19.8 Å². The summed E-state index contributed by atoms with van der Waals surface area (Å²) < 4.78 is 4.50. The van der Waals surface area contributed by atoms with Crippen LogP contribution in [0, 0.1) is 17.8 Å². The molecule has 0 bridgehead atoms. The Hall–Kier alpha value is -1.26. The second kappa shape index (κ2) is 4.94. The first-order chi connectivity index (χ1) is 8.15. The minimum atomic E-state index is -0.472. The fourth-order valence-electron chi connectivity index (χ4n) is 2.52. The largest absolute Gasteiger partial charge is 0.453 e. The molecule has 2 fully saturated rings. The highest BCUT2D eigenvalue weighted by Crippen LogP contribution is 2.45. The van der Waals surface area contributed by atoms with Gasteiger partial charge in [-0.2, -0.15) is 0 Å². The Kier molecular flexibility index (Phi) is 3.54. The van der Waals surface area contributed by atoms with Gasteiger partial charge in [-0.15, -0.1) is 0 Å². The summed E-state index contributed by atoms with van der Waals surface area (Å²) in [6.45, 7) is 4.17. The summed E-state index contributed by atoms with van der Waals surface area (Å²) in [5, 5.41) is 2.60. The molecule has 1 saturated heterocycles. The monoisotopic (exact) mass is 240 g/mol. The van der Waals surface area contributed by atoms with Gasteiger partial charge in [0.15, 0.2) is 0 Å². The van der Waals surface area contributed by atoms with Gasteiger partial charge >= 0.3 is 6.09 Å². The van der Waals surface area contributed by atoms with Crippen LogP contribution in [-0.4, -0.2) is 43.6 Å². The molecule has 17 heavy (non-hydrogen) atoms. The number of methoxy groups -OCH3 is 1. The molecule has 1 N–H and O–H groups in total. The number of alkyl carbamates (subject to hydrolysis) is 1. The summed E-state index contributed by atoms with van der Waals surface area (Å²) in [5.41, 5.74) is 0. The SMILES string of the molecule is CCC(CNC(=O)OC)C(=O)N1CC2CC2C1. The Morgan fingerprint density at radius 1 is 1.41 bits per heavy atom. The molecule has 1 aliphatic carbocycles. The zero-order chi connectivity index (χ0) is 12.4. The van der Waals surface area contributed by atoms with Crippen LogP contribution < -0.4 is 5.32 Å². The van der Waals surface area contributed by atoms with Crippen molar-refractivity contribution in [1.82, 2.24) is 10.2 Å². The Bertz CT molecular complexity index is 309. The average molecular weight is 240 g/mol. The zero-order valence-electron chi connectivity index (χ0n) is 10.4. The summed E-state index contributed by atoms with van der Waals surface area (Å²) in [6, 6.07) is 0. The van der Waals surface area contributed by atoms with Crippen LogP contribution in [0.4, 0.5) is 4.79 Å². The van der Waals surface area contributed by atoms with E-state index in [2.05, 4.69) is 10.1 Å². The van der Waals surface area contributed by atoms with Gasteiger partial charge in [0.2, 0.25) is 5.91 Å². The van der Waals surface area contributed by atoms with Gasteiger partial charge in [-0.1, -0.05) is 6.92 Å². The molecule has 3 unspecified atom stereocenters. The van der Waals surface area contributed by atoms with Crippen LogP contribution in [0.25, 0.3) is 0 Å². The Labute approximate surface area is 101 Å². The Morgan fingerprint density at radius 3 is 2.59 bits per heavy atom. The standard InChI is InChI=1S/C12H20N2O3/c1-3-8(5-13-12(16)17-2)11(15)14-6-9-4-10(9)7-14/h8-10H,3-7H2,1-2H3,(H,13,16). The summed E-state index contributed by atoms with van der Waals surface area (Å²) >= 11 is 0. The number of carbonyl (C=O) groups is 2. The zero-order valence-corrected chi connectivity index (χ0v) is 10.4. The molecule has 5 heteroatoms. The van der Waals surface area contributed by atoms with E-state index >= 15 is 0 Å². The molecule has 2 rings (SSSR count). The highest BCUT2D eigenvalue weighted by molar-refractivity contribution is 5.80. The molecule has 2 aliphatic rings. The maximum absolute atomic E-state index is 12.2. The van der Waals surface area contributed by atoms with E-state index in [0.717, 1.165) is 31.3 Å². The third-order valence-corrected chi connectivity index (χ3v) is 3.81. The quantitative estimate of drug-likeness (QED) is 0.792. The normalized spacial score (nSPS) is 27.3. The Morgan fingerprint density at radius 2 is 2.06 bits per heavy atom. The van der Waals surface area contributed by atoms with Crippen LogP contribution in [-0.2, 0) is 9.53 Å². The first kappa shape index (κ1) is 12.2. The summed E-state index contributed by atoms with van der Waals surface area (Å²) in [4.78, 5) is 25.1. The molecular weight excluding hydrogens is 220 g/mol. The van der Waals surface area contributed by atoms with Gasteiger partial charge in [-0.25, -0.2) is 4.79 Å². The number of hydrogen-bond acceptors (Lipinski definition) is 3. The third-order valence-electron chi connectivity index (χ3n) is 3.81. The predicted molar refractivity (Wildman–Crippen MR) is 62.4 cm³/mol. The maximum Gasteiger partial charge on any atom is 0.406 e. The molecule has 0 spiro atoms. The number of rotatable bonds is 4. The first-order valence-electron chi connectivity index (χ1n) is 6.26. The molecule has 0 aromatic rings. The number of ether oxygens (including phenoxy) is 1.